The molecule has 0 unspecified atom stereocenters. The van der Waals surface area contributed by atoms with Crippen LogP contribution in [0.2, 0.25) is 5.02 Å². The van der Waals surface area contributed by atoms with Gasteiger partial charge in [0.1, 0.15) is 5.69 Å². The highest BCUT2D eigenvalue weighted by Crippen LogP contribution is 2.28. The summed E-state index contributed by atoms with van der Waals surface area (Å²) in [7, 11) is 1.24. The Balaban J connectivity index is 3.07. The number of pyridine rings is 1. The minimum absolute atomic E-state index is 0.0767. The van der Waals surface area contributed by atoms with Crippen molar-refractivity contribution in [2.45, 2.75) is 19.8 Å². The van der Waals surface area contributed by atoms with Crippen LogP contribution < -0.4 is 0 Å². The quantitative estimate of drug-likeness (QED) is 0.773. The number of methoxy groups -OCH3 is 1. The van der Waals surface area contributed by atoms with Gasteiger partial charge in [0, 0.05) is 11.8 Å². The summed E-state index contributed by atoms with van der Waals surface area (Å²) in [5.41, 5.74) is 0.215. The molecule has 3 nitrogen and oxygen atoms in total. The number of esters is 1. The van der Waals surface area contributed by atoms with Crippen molar-refractivity contribution < 1.29 is 18.3 Å². The van der Waals surface area contributed by atoms with E-state index in [0.29, 0.717) is 5.56 Å². The monoisotopic (exact) mass is 249 g/mol. The fourth-order valence-electron chi connectivity index (χ4n) is 1.23. The van der Waals surface area contributed by atoms with Gasteiger partial charge in [-0.3, -0.25) is 9.78 Å². The molecule has 0 saturated carbocycles. The molecule has 0 amide bonds. The standard InChI is InChI=1S/C10H10ClF2NO2/c1-5-8(11)6(3-7(15)16-2)4-14-9(5)10(12)13/h4,10H,3H2,1-2H3. The lowest BCUT2D eigenvalue weighted by Crippen LogP contribution is -2.07. The Morgan fingerprint density at radius 2 is 2.25 bits per heavy atom. The molecule has 16 heavy (non-hydrogen) atoms. The first-order chi connectivity index (χ1) is 7.47. The predicted octanol–water partition coefficient (Wildman–Crippen LogP) is 2.70. The number of nitrogens with zero attached hydrogens (tertiary/aromatic N) is 1. The zero-order chi connectivity index (χ0) is 12.3. The van der Waals surface area contributed by atoms with Crippen LogP contribution in [-0.4, -0.2) is 18.1 Å². The van der Waals surface area contributed by atoms with E-state index in [2.05, 4.69) is 9.72 Å². The van der Waals surface area contributed by atoms with Crippen LogP contribution in [0.4, 0.5) is 8.78 Å². The van der Waals surface area contributed by atoms with Crippen molar-refractivity contribution in [3.63, 3.8) is 0 Å². The van der Waals surface area contributed by atoms with Gasteiger partial charge in [-0.15, -0.1) is 0 Å². The molecule has 0 saturated heterocycles. The molecular weight excluding hydrogens is 240 g/mol. The molecule has 1 rings (SSSR count). The third-order valence-electron chi connectivity index (χ3n) is 2.12. The predicted molar refractivity (Wildman–Crippen MR) is 54.7 cm³/mol. The van der Waals surface area contributed by atoms with Gasteiger partial charge in [0.05, 0.1) is 18.6 Å². The average molecular weight is 250 g/mol. The molecule has 0 aliphatic heterocycles. The van der Waals surface area contributed by atoms with Crippen molar-refractivity contribution in [3.8, 4) is 0 Å². The van der Waals surface area contributed by atoms with Crippen LogP contribution in [0.25, 0.3) is 0 Å². The Labute approximate surface area is 96.4 Å². The number of hydrogen-bond donors (Lipinski definition) is 0. The highest BCUT2D eigenvalue weighted by Gasteiger charge is 2.18. The van der Waals surface area contributed by atoms with Gasteiger partial charge in [0.25, 0.3) is 6.43 Å². The Hall–Kier alpha value is -1.23. The average Bonchev–Trinajstić information content (AvgIpc) is 2.24. The number of halogens is 3. The van der Waals surface area contributed by atoms with Crippen LogP contribution >= 0.6 is 11.6 Å². The number of rotatable bonds is 3. The van der Waals surface area contributed by atoms with Crippen LogP contribution in [0, 0.1) is 6.92 Å². The maximum Gasteiger partial charge on any atom is 0.310 e. The van der Waals surface area contributed by atoms with Gasteiger partial charge in [0.15, 0.2) is 0 Å². The highest BCUT2D eigenvalue weighted by atomic mass is 35.5. The van der Waals surface area contributed by atoms with Gasteiger partial charge in [-0.1, -0.05) is 11.6 Å². The number of hydrogen-bond acceptors (Lipinski definition) is 3. The van der Waals surface area contributed by atoms with Crippen LogP contribution in [0.3, 0.4) is 0 Å². The minimum atomic E-state index is -2.68. The lowest BCUT2D eigenvalue weighted by atomic mass is 10.1. The van der Waals surface area contributed by atoms with Gasteiger partial charge in [-0.25, -0.2) is 8.78 Å². The molecule has 0 atom stereocenters. The van der Waals surface area contributed by atoms with E-state index in [1.165, 1.54) is 20.2 Å². The van der Waals surface area contributed by atoms with E-state index in [1.807, 2.05) is 0 Å². The van der Waals surface area contributed by atoms with E-state index in [-0.39, 0.29) is 22.7 Å². The second-order valence-electron chi connectivity index (χ2n) is 3.16. The SMILES string of the molecule is COC(=O)Cc1cnc(C(F)F)c(C)c1Cl. The molecule has 0 fully saturated rings. The third-order valence-corrected chi connectivity index (χ3v) is 2.65. The van der Waals surface area contributed by atoms with Crippen molar-refractivity contribution >= 4 is 17.6 Å². The molecule has 0 bridgehead atoms. The molecule has 0 aliphatic carbocycles. The highest BCUT2D eigenvalue weighted by molar-refractivity contribution is 6.32. The van der Waals surface area contributed by atoms with Gasteiger partial charge >= 0.3 is 5.97 Å². The normalized spacial score (nSPS) is 10.6. The van der Waals surface area contributed by atoms with Crippen molar-refractivity contribution in [2.75, 3.05) is 7.11 Å². The fourth-order valence-corrected chi connectivity index (χ4v) is 1.44. The van der Waals surface area contributed by atoms with Crippen molar-refractivity contribution in [1.29, 1.82) is 0 Å². The Morgan fingerprint density at radius 3 is 2.75 bits per heavy atom. The zero-order valence-electron chi connectivity index (χ0n) is 8.76. The summed E-state index contributed by atoms with van der Waals surface area (Å²) in [4.78, 5) is 14.6. The van der Waals surface area contributed by atoms with E-state index in [0.717, 1.165) is 0 Å². The summed E-state index contributed by atoms with van der Waals surface area (Å²) < 4.78 is 29.4. The van der Waals surface area contributed by atoms with E-state index in [1.54, 1.807) is 0 Å². The molecule has 1 aromatic heterocycles. The van der Waals surface area contributed by atoms with Crippen molar-refractivity contribution in [1.82, 2.24) is 4.98 Å². The topological polar surface area (TPSA) is 39.2 Å². The van der Waals surface area contributed by atoms with E-state index < -0.39 is 12.4 Å². The molecule has 1 aromatic rings. The summed E-state index contributed by atoms with van der Waals surface area (Å²) in [6.07, 6.45) is -1.58. The van der Waals surface area contributed by atoms with E-state index >= 15 is 0 Å². The van der Waals surface area contributed by atoms with Gasteiger partial charge < -0.3 is 4.74 Å². The van der Waals surface area contributed by atoms with Gasteiger partial charge in [-0.2, -0.15) is 0 Å². The first kappa shape index (κ1) is 12.8. The summed E-state index contributed by atoms with van der Waals surface area (Å²) in [5, 5.41) is 0.135. The number of carbonyl (C=O) groups is 1. The number of aromatic nitrogens is 1. The zero-order valence-corrected chi connectivity index (χ0v) is 9.52. The molecule has 1 heterocycles. The largest absolute Gasteiger partial charge is 0.469 e. The molecule has 6 heteroatoms. The molecule has 0 aliphatic rings. The number of alkyl halides is 2. The summed E-state index contributed by atoms with van der Waals surface area (Å²) in [5.74, 6) is -0.493. The van der Waals surface area contributed by atoms with Crippen molar-refractivity contribution in [2.24, 2.45) is 0 Å². The molecule has 0 aromatic carbocycles. The van der Waals surface area contributed by atoms with Gasteiger partial charge in [0.2, 0.25) is 0 Å². The van der Waals surface area contributed by atoms with Crippen molar-refractivity contribution in [3.05, 3.63) is 28.0 Å². The molecule has 0 spiro atoms. The molecule has 88 valence electrons. The van der Waals surface area contributed by atoms with Crippen LogP contribution in [0.1, 0.15) is 23.2 Å². The first-order valence-electron chi connectivity index (χ1n) is 4.46. The lowest BCUT2D eigenvalue weighted by molar-refractivity contribution is -0.139. The van der Waals surface area contributed by atoms with E-state index in [9.17, 15) is 13.6 Å². The van der Waals surface area contributed by atoms with Crippen LogP contribution in [-0.2, 0) is 16.0 Å². The second kappa shape index (κ2) is 5.21. The van der Waals surface area contributed by atoms with Crippen LogP contribution in [0.5, 0.6) is 0 Å². The first-order valence-corrected chi connectivity index (χ1v) is 4.84. The number of ether oxygens (including phenoxy) is 1. The fraction of sp³-hybridized carbons (Fsp3) is 0.400. The Morgan fingerprint density at radius 1 is 1.62 bits per heavy atom. The maximum atomic E-state index is 12.5. The molecule has 0 N–H and O–H groups in total. The van der Waals surface area contributed by atoms with Gasteiger partial charge in [-0.05, 0) is 12.5 Å². The Kier molecular flexibility index (Phi) is 4.18. The lowest BCUT2D eigenvalue weighted by Gasteiger charge is -2.09. The number of carbonyl (C=O) groups excluding carboxylic acids is 1. The molecular formula is C10H10ClF2NO2. The summed E-state index contributed by atoms with van der Waals surface area (Å²) in [6, 6.07) is 0. The Bertz CT molecular complexity index is 410. The molecule has 0 radical (unpaired) electrons. The maximum absolute atomic E-state index is 12.5. The minimum Gasteiger partial charge on any atom is -0.469 e. The van der Waals surface area contributed by atoms with E-state index in [4.69, 9.17) is 11.6 Å². The third kappa shape index (κ3) is 2.66. The summed E-state index contributed by atoms with van der Waals surface area (Å²) >= 11 is 5.86. The van der Waals surface area contributed by atoms with Crippen LogP contribution in [0.15, 0.2) is 6.20 Å². The second-order valence-corrected chi connectivity index (χ2v) is 3.54. The smallest absolute Gasteiger partial charge is 0.310 e. The summed E-state index contributed by atoms with van der Waals surface area (Å²) in [6.45, 7) is 1.44.